The van der Waals surface area contributed by atoms with E-state index in [1.54, 1.807) is 0 Å². The molecule has 0 amide bonds. The number of piperidine rings is 1. The van der Waals surface area contributed by atoms with Crippen molar-refractivity contribution in [3.05, 3.63) is 46.8 Å². The minimum atomic E-state index is 0.511. The van der Waals surface area contributed by atoms with Gasteiger partial charge >= 0.3 is 0 Å². The number of H-pyrrole nitrogens is 1. The second-order valence-corrected chi connectivity index (χ2v) is 7.48. The van der Waals surface area contributed by atoms with Crippen LogP contribution < -0.4 is 10.2 Å². The van der Waals surface area contributed by atoms with Gasteiger partial charge in [-0.1, -0.05) is 22.0 Å². The van der Waals surface area contributed by atoms with Gasteiger partial charge in [-0.15, -0.1) is 0 Å². The van der Waals surface area contributed by atoms with Crippen LogP contribution in [0.5, 0.6) is 0 Å². The average molecular weight is 388 g/mol. The zero-order chi connectivity index (χ0) is 16.5. The van der Waals surface area contributed by atoms with E-state index in [0.29, 0.717) is 6.04 Å². The first-order chi connectivity index (χ1) is 11.7. The van der Waals surface area contributed by atoms with Crippen molar-refractivity contribution in [2.75, 3.05) is 18.0 Å². The quantitative estimate of drug-likeness (QED) is 0.720. The van der Waals surface area contributed by atoms with Gasteiger partial charge in [0, 0.05) is 54.6 Å². The number of fused-ring (bicyclic) bond motifs is 1. The van der Waals surface area contributed by atoms with Crippen LogP contribution in [0, 0.1) is 0 Å². The highest BCUT2D eigenvalue weighted by Crippen LogP contribution is 2.21. The monoisotopic (exact) mass is 387 g/mol. The van der Waals surface area contributed by atoms with E-state index in [-0.39, 0.29) is 0 Å². The molecule has 1 fully saturated rings. The van der Waals surface area contributed by atoms with Crippen LogP contribution in [0.1, 0.15) is 18.5 Å². The van der Waals surface area contributed by atoms with Crippen molar-refractivity contribution in [1.29, 1.82) is 0 Å². The standard InChI is InChI=1S/C18H22BrN5/c1-23-12-17(10-21-23)24-6-2-3-15(11-24)20-9-16-7-13-4-5-14(19)8-18(13)22-16/h4-5,7-8,10,12,15,20,22H,2-3,6,9,11H2,1H3. The number of anilines is 1. The van der Waals surface area contributed by atoms with E-state index in [2.05, 4.69) is 66.7 Å². The van der Waals surface area contributed by atoms with Crippen LogP contribution in [0.15, 0.2) is 41.1 Å². The lowest BCUT2D eigenvalue weighted by molar-refractivity contribution is 0.420. The van der Waals surface area contributed by atoms with Crippen LogP contribution in [-0.4, -0.2) is 33.9 Å². The van der Waals surface area contributed by atoms with Crippen molar-refractivity contribution >= 4 is 32.5 Å². The first kappa shape index (κ1) is 15.7. The fourth-order valence-electron chi connectivity index (χ4n) is 3.46. The third-order valence-electron chi connectivity index (χ3n) is 4.70. The molecular weight excluding hydrogens is 366 g/mol. The molecule has 3 aromatic rings. The SMILES string of the molecule is Cn1cc(N2CCCC(NCc3cc4ccc(Br)cc4[nH]3)C2)cn1. The lowest BCUT2D eigenvalue weighted by atomic mass is 10.1. The summed E-state index contributed by atoms with van der Waals surface area (Å²) in [6.07, 6.45) is 6.49. The Bertz CT molecular complexity index is 837. The van der Waals surface area contributed by atoms with Gasteiger partial charge < -0.3 is 15.2 Å². The second kappa shape index (κ2) is 6.61. The average Bonchev–Trinajstić information content (AvgIpc) is 3.18. The Morgan fingerprint density at radius 2 is 2.29 bits per heavy atom. The van der Waals surface area contributed by atoms with Crippen LogP contribution in [0.4, 0.5) is 5.69 Å². The summed E-state index contributed by atoms with van der Waals surface area (Å²) in [6, 6.07) is 9.10. The van der Waals surface area contributed by atoms with Gasteiger partial charge in [0.15, 0.2) is 0 Å². The first-order valence-electron chi connectivity index (χ1n) is 8.41. The summed E-state index contributed by atoms with van der Waals surface area (Å²) in [5, 5.41) is 9.26. The molecule has 6 heteroatoms. The summed E-state index contributed by atoms with van der Waals surface area (Å²) >= 11 is 3.53. The smallest absolute Gasteiger partial charge is 0.0752 e. The number of hydrogen-bond acceptors (Lipinski definition) is 3. The molecule has 5 nitrogen and oxygen atoms in total. The molecule has 0 radical (unpaired) electrons. The predicted molar refractivity (Wildman–Crippen MR) is 101 cm³/mol. The lowest BCUT2D eigenvalue weighted by Crippen LogP contribution is -2.45. The molecule has 2 aromatic heterocycles. The van der Waals surface area contributed by atoms with Gasteiger partial charge in [0.2, 0.25) is 0 Å². The van der Waals surface area contributed by atoms with Gasteiger partial charge in [-0.3, -0.25) is 4.68 Å². The van der Waals surface area contributed by atoms with E-state index in [1.807, 2.05) is 17.9 Å². The fraction of sp³-hybridized carbons (Fsp3) is 0.389. The Balaban J connectivity index is 1.39. The number of halogens is 1. The zero-order valence-electron chi connectivity index (χ0n) is 13.8. The Morgan fingerprint density at radius 3 is 3.12 bits per heavy atom. The van der Waals surface area contributed by atoms with E-state index in [0.717, 1.165) is 24.1 Å². The van der Waals surface area contributed by atoms with Crippen LogP contribution in [0.3, 0.4) is 0 Å². The van der Waals surface area contributed by atoms with Gasteiger partial charge in [-0.25, -0.2) is 0 Å². The summed E-state index contributed by atoms with van der Waals surface area (Å²) in [5.41, 5.74) is 3.64. The minimum Gasteiger partial charge on any atom is -0.367 e. The van der Waals surface area contributed by atoms with Crippen molar-refractivity contribution in [1.82, 2.24) is 20.1 Å². The maximum absolute atomic E-state index is 4.29. The number of aromatic nitrogens is 3. The van der Waals surface area contributed by atoms with Crippen molar-refractivity contribution in [3.8, 4) is 0 Å². The third-order valence-corrected chi connectivity index (χ3v) is 5.19. The number of aromatic amines is 1. The van der Waals surface area contributed by atoms with Crippen molar-refractivity contribution in [2.24, 2.45) is 7.05 Å². The third kappa shape index (κ3) is 3.35. The summed E-state index contributed by atoms with van der Waals surface area (Å²) in [5.74, 6) is 0. The molecule has 24 heavy (non-hydrogen) atoms. The van der Waals surface area contributed by atoms with Gasteiger partial charge in [-0.05, 0) is 36.4 Å². The van der Waals surface area contributed by atoms with Crippen molar-refractivity contribution < 1.29 is 0 Å². The molecule has 4 rings (SSSR count). The van der Waals surface area contributed by atoms with E-state index < -0.39 is 0 Å². The molecule has 2 N–H and O–H groups in total. The predicted octanol–water partition coefficient (Wildman–Crippen LogP) is 3.42. The van der Waals surface area contributed by atoms with Crippen molar-refractivity contribution in [3.63, 3.8) is 0 Å². The number of benzene rings is 1. The van der Waals surface area contributed by atoms with Crippen LogP contribution in [0.2, 0.25) is 0 Å². The first-order valence-corrected chi connectivity index (χ1v) is 9.21. The molecule has 1 unspecified atom stereocenters. The van der Waals surface area contributed by atoms with Gasteiger partial charge in [0.25, 0.3) is 0 Å². The highest BCUT2D eigenvalue weighted by atomic mass is 79.9. The maximum Gasteiger partial charge on any atom is 0.0752 e. The summed E-state index contributed by atoms with van der Waals surface area (Å²) in [6.45, 7) is 3.03. The van der Waals surface area contributed by atoms with Crippen LogP contribution in [-0.2, 0) is 13.6 Å². The normalized spacial score (nSPS) is 18.4. The van der Waals surface area contributed by atoms with Crippen LogP contribution >= 0.6 is 15.9 Å². The second-order valence-electron chi connectivity index (χ2n) is 6.56. The van der Waals surface area contributed by atoms with Gasteiger partial charge in [0.05, 0.1) is 11.9 Å². The highest BCUT2D eigenvalue weighted by Gasteiger charge is 2.20. The number of rotatable bonds is 4. The van der Waals surface area contributed by atoms with Gasteiger partial charge in [-0.2, -0.15) is 5.10 Å². The Kier molecular flexibility index (Phi) is 4.33. The molecule has 0 spiro atoms. The Labute approximate surface area is 150 Å². The molecule has 126 valence electrons. The van der Waals surface area contributed by atoms with E-state index in [9.17, 15) is 0 Å². The Morgan fingerprint density at radius 1 is 1.38 bits per heavy atom. The van der Waals surface area contributed by atoms with E-state index in [4.69, 9.17) is 0 Å². The summed E-state index contributed by atoms with van der Waals surface area (Å²) < 4.78 is 2.98. The molecule has 1 saturated heterocycles. The summed E-state index contributed by atoms with van der Waals surface area (Å²) in [4.78, 5) is 5.93. The molecule has 1 aromatic carbocycles. The topological polar surface area (TPSA) is 48.9 Å². The van der Waals surface area contributed by atoms with Crippen LogP contribution in [0.25, 0.3) is 10.9 Å². The number of nitrogens with one attached hydrogen (secondary N) is 2. The molecular formula is C18H22BrN5. The molecule has 0 aliphatic carbocycles. The number of aryl methyl sites for hydroxylation is 1. The lowest BCUT2D eigenvalue weighted by Gasteiger charge is -2.33. The fourth-order valence-corrected chi connectivity index (χ4v) is 3.82. The highest BCUT2D eigenvalue weighted by molar-refractivity contribution is 9.10. The zero-order valence-corrected chi connectivity index (χ0v) is 15.4. The molecule has 0 saturated carbocycles. The maximum atomic E-state index is 4.29. The number of hydrogen-bond donors (Lipinski definition) is 2. The van der Waals surface area contributed by atoms with Crippen molar-refractivity contribution in [2.45, 2.75) is 25.4 Å². The molecule has 1 aliphatic rings. The van der Waals surface area contributed by atoms with E-state index >= 15 is 0 Å². The molecule has 1 atom stereocenters. The number of nitrogens with zero attached hydrogens (tertiary/aromatic N) is 3. The Hall–Kier alpha value is -1.79. The molecule has 1 aliphatic heterocycles. The minimum absolute atomic E-state index is 0.511. The largest absolute Gasteiger partial charge is 0.367 e. The van der Waals surface area contributed by atoms with E-state index in [1.165, 1.54) is 35.1 Å². The molecule has 0 bridgehead atoms. The summed E-state index contributed by atoms with van der Waals surface area (Å²) in [7, 11) is 1.97. The molecule has 3 heterocycles. The van der Waals surface area contributed by atoms with Gasteiger partial charge in [0.1, 0.15) is 0 Å².